The summed E-state index contributed by atoms with van der Waals surface area (Å²) in [7, 11) is 0. The first kappa shape index (κ1) is 12.9. The number of rotatable bonds is 3. The third kappa shape index (κ3) is 2.36. The molecule has 1 saturated carbocycles. The summed E-state index contributed by atoms with van der Waals surface area (Å²) in [6.07, 6.45) is 8.48. The van der Waals surface area contributed by atoms with Gasteiger partial charge < -0.3 is 5.73 Å². The molecule has 1 unspecified atom stereocenters. The maximum absolute atomic E-state index is 6.14. The standard InChI is InChI=1S/C18H25N/c1-4-13-8-15-9-16(19)10-18(15)12(3)17(13)7-11(2)14-5-6-14/h7-8,14,16H,4-6,9-10,19H2,1-3H3/b11-7+. The highest BCUT2D eigenvalue weighted by molar-refractivity contribution is 5.64. The van der Waals surface area contributed by atoms with Crippen LogP contribution in [0.15, 0.2) is 11.6 Å². The molecule has 102 valence electrons. The van der Waals surface area contributed by atoms with Gasteiger partial charge in [-0.05, 0) is 79.7 Å². The number of hydrogen-bond donors (Lipinski definition) is 1. The molecule has 0 aliphatic heterocycles. The Hall–Kier alpha value is -1.08. The van der Waals surface area contributed by atoms with E-state index in [1.165, 1.54) is 40.7 Å². The lowest BCUT2D eigenvalue weighted by Gasteiger charge is -2.14. The summed E-state index contributed by atoms with van der Waals surface area (Å²) in [5.41, 5.74) is 15.2. The van der Waals surface area contributed by atoms with Crippen LogP contribution >= 0.6 is 0 Å². The van der Waals surface area contributed by atoms with Crippen molar-refractivity contribution in [3.8, 4) is 0 Å². The Morgan fingerprint density at radius 2 is 2.11 bits per heavy atom. The lowest BCUT2D eigenvalue weighted by Crippen LogP contribution is -2.19. The van der Waals surface area contributed by atoms with Crippen LogP contribution in [-0.2, 0) is 19.3 Å². The lowest BCUT2D eigenvalue weighted by atomic mass is 9.91. The van der Waals surface area contributed by atoms with Crippen LogP contribution in [0.4, 0.5) is 0 Å². The van der Waals surface area contributed by atoms with E-state index in [1.54, 1.807) is 5.57 Å². The second-order valence-corrected chi connectivity index (χ2v) is 6.40. The highest BCUT2D eigenvalue weighted by Gasteiger charge is 2.25. The van der Waals surface area contributed by atoms with Crippen molar-refractivity contribution in [3.63, 3.8) is 0 Å². The van der Waals surface area contributed by atoms with Gasteiger partial charge in [0.05, 0.1) is 0 Å². The lowest BCUT2D eigenvalue weighted by molar-refractivity contribution is 0.720. The minimum absolute atomic E-state index is 0.335. The molecular formula is C18H25N. The summed E-state index contributed by atoms with van der Waals surface area (Å²) in [5, 5.41) is 0. The number of benzene rings is 1. The van der Waals surface area contributed by atoms with Gasteiger partial charge >= 0.3 is 0 Å². The first-order valence-corrected chi connectivity index (χ1v) is 7.68. The second-order valence-electron chi connectivity index (χ2n) is 6.40. The Bertz CT molecular complexity index is 535. The molecule has 0 bridgehead atoms. The smallest absolute Gasteiger partial charge is 0.0120 e. The first-order valence-electron chi connectivity index (χ1n) is 7.68. The van der Waals surface area contributed by atoms with Crippen molar-refractivity contribution in [2.24, 2.45) is 11.7 Å². The predicted octanol–water partition coefficient (Wildman–Crippen LogP) is 3.80. The van der Waals surface area contributed by atoms with E-state index in [9.17, 15) is 0 Å². The Labute approximate surface area is 116 Å². The zero-order valence-corrected chi connectivity index (χ0v) is 12.4. The molecule has 0 radical (unpaired) electrons. The predicted molar refractivity (Wildman–Crippen MR) is 82.3 cm³/mol. The first-order chi connectivity index (χ1) is 9.10. The fourth-order valence-corrected chi connectivity index (χ4v) is 3.48. The van der Waals surface area contributed by atoms with Crippen LogP contribution in [0.25, 0.3) is 6.08 Å². The molecule has 0 spiro atoms. The molecular weight excluding hydrogens is 230 g/mol. The maximum Gasteiger partial charge on any atom is 0.0120 e. The Morgan fingerprint density at radius 1 is 1.37 bits per heavy atom. The summed E-state index contributed by atoms with van der Waals surface area (Å²) < 4.78 is 0. The molecule has 0 heterocycles. The average Bonchev–Trinajstić information content (AvgIpc) is 3.15. The third-order valence-electron chi connectivity index (χ3n) is 4.86. The molecule has 0 saturated heterocycles. The van der Waals surface area contributed by atoms with E-state index in [0.29, 0.717) is 6.04 Å². The molecule has 1 atom stereocenters. The van der Waals surface area contributed by atoms with Gasteiger partial charge in [-0.1, -0.05) is 24.6 Å². The topological polar surface area (TPSA) is 26.0 Å². The van der Waals surface area contributed by atoms with Gasteiger partial charge in [0.1, 0.15) is 0 Å². The van der Waals surface area contributed by atoms with Crippen LogP contribution < -0.4 is 5.73 Å². The van der Waals surface area contributed by atoms with Crippen molar-refractivity contribution in [3.05, 3.63) is 39.5 Å². The van der Waals surface area contributed by atoms with Crippen LogP contribution in [0.3, 0.4) is 0 Å². The van der Waals surface area contributed by atoms with Crippen molar-refractivity contribution < 1.29 is 0 Å². The molecule has 2 aliphatic carbocycles. The van der Waals surface area contributed by atoms with Gasteiger partial charge in [-0.15, -0.1) is 0 Å². The van der Waals surface area contributed by atoms with E-state index in [4.69, 9.17) is 5.73 Å². The van der Waals surface area contributed by atoms with Crippen molar-refractivity contribution in [1.82, 2.24) is 0 Å². The maximum atomic E-state index is 6.14. The minimum Gasteiger partial charge on any atom is -0.327 e. The molecule has 1 aromatic rings. The molecule has 2 aliphatic rings. The highest BCUT2D eigenvalue weighted by Crippen LogP contribution is 2.38. The molecule has 3 rings (SSSR count). The second kappa shape index (κ2) is 4.79. The van der Waals surface area contributed by atoms with Gasteiger partial charge in [0.2, 0.25) is 0 Å². The number of fused-ring (bicyclic) bond motifs is 1. The van der Waals surface area contributed by atoms with Crippen molar-refractivity contribution >= 4 is 6.08 Å². The van der Waals surface area contributed by atoms with Crippen LogP contribution in [-0.4, -0.2) is 6.04 Å². The summed E-state index contributed by atoms with van der Waals surface area (Å²) in [5.74, 6) is 0.861. The highest BCUT2D eigenvalue weighted by atomic mass is 14.6. The van der Waals surface area contributed by atoms with E-state index in [2.05, 4.69) is 32.9 Å². The number of aryl methyl sites for hydroxylation is 1. The van der Waals surface area contributed by atoms with Crippen molar-refractivity contribution in [2.75, 3.05) is 0 Å². The van der Waals surface area contributed by atoms with Crippen LogP contribution in [0.5, 0.6) is 0 Å². The molecule has 1 fully saturated rings. The normalized spacial score (nSPS) is 22.7. The van der Waals surface area contributed by atoms with Crippen molar-refractivity contribution in [1.29, 1.82) is 0 Å². The van der Waals surface area contributed by atoms with E-state index < -0.39 is 0 Å². The van der Waals surface area contributed by atoms with E-state index in [0.717, 1.165) is 25.2 Å². The summed E-state index contributed by atoms with van der Waals surface area (Å²) in [6.45, 7) is 6.86. The minimum atomic E-state index is 0.335. The molecule has 19 heavy (non-hydrogen) atoms. The molecule has 1 nitrogen and oxygen atoms in total. The zero-order chi connectivity index (χ0) is 13.6. The van der Waals surface area contributed by atoms with Crippen LogP contribution in [0.1, 0.15) is 54.5 Å². The Kier molecular flexibility index (Phi) is 3.26. The fourth-order valence-electron chi connectivity index (χ4n) is 3.48. The van der Waals surface area contributed by atoms with Gasteiger partial charge in [-0.3, -0.25) is 0 Å². The third-order valence-corrected chi connectivity index (χ3v) is 4.86. The number of nitrogens with two attached hydrogens (primary N) is 1. The average molecular weight is 255 g/mol. The van der Waals surface area contributed by atoms with Gasteiger partial charge in [-0.25, -0.2) is 0 Å². The Morgan fingerprint density at radius 3 is 2.74 bits per heavy atom. The van der Waals surface area contributed by atoms with Crippen LogP contribution in [0.2, 0.25) is 0 Å². The number of hydrogen-bond acceptors (Lipinski definition) is 1. The molecule has 0 amide bonds. The SMILES string of the molecule is CCc1cc2c(c(C)c1/C=C(\C)C1CC1)CC(N)C2. The van der Waals surface area contributed by atoms with E-state index in [-0.39, 0.29) is 0 Å². The van der Waals surface area contributed by atoms with Gasteiger partial charge in [0.25, 0.3) is 0 Å². The van der Waals surface area contributed by atoms with Gasteiger partial charge in [0, 0.05) is 6.04 Å². The quantitative estimate of drug-likeness (QED) is 0.873. The molecule has 0 aromatic heterocycles. The summed E-state index contributed by atoms with van der Waals surface area (Å²) >= 11 is 0. The fraction of sp³-hybridized carbons (Fsp3) is 0.556. The Balaban J connectivity index is 2.08. The van der Waals surface area contributed by atoms with Crippen LogP contribution in [0, 0.1) is 12.8 Å². The van der Waals surface area contributed by atoms with E-state index in [1.807, 2.05) is 0 Å². The monoisotopic (exact) mass is 255 g/mol. The largest absolute Gasteiger partial charge is 0.327 e. The molecule has 1 aromatic carbocycles. The summed E-state index contributed by atoms with van der Waals surface area (Å²) in [4.78, 5) is 0. The van der Waals surface area contributed by atoms with Gasteiger partial charge in [0.15, 0.2) is 0 Å². The zero-order valence-electron chi connectivity index (χ0n) is 12.4. The van der Waals surface area contributed by atoms with Crippen molar-refractivity contribution in [2.45, 2.75) is 58.9 Å². The molecule has 2 N–H and O–H groups in total. The van der Waals surface area contributed by atoms with E-state index >= 15 is 0 Å². The molecule has 1 heteroatoms. The van der Waals surface area contributed by atoms with Gasteiger partial charge in [-0.2, -0.15) is 0 Å². The summed E-state index contributed by atoms with van der Waals surface area (Å²) in [6, 6.07) is 2.75. The number of allylic oxidation sites excluding steroid dienone is 1.